The van der Waals surface area contributed by atoms with Gasteiger partial charge in [0.1, 0.15) is 5.60 Å². The van der Waals surface area contributed by atoms with Crippen molar-refractivity contribution in [2.24, 2.45) is 4.99 Å². The molecule has 1 aromatic carbocycles. The van der Waals surface area contributed by atoms with E-state index in [-0.39, 0.29) is 0 Å². The third-order valence-corrected chi connectivity index (χ3v) is 3.73. The zero-order chi connectivity index (χ0) is 21.4. The molecule has 7 nitrogen and oxygen atoms in total. The van der Waals surface area contributed by atoms with Gasteiger partial charge in [-0.15, -0.1) is 0 Å². The molecule has 0 aliphatic carbocycles. The topological polar surface area (TPSA) is 78.0 Å². The van der Waals surface area contributed by atoms with Gasteiger partial charge in [0, 0.05) is 32.9 Å². The second kappa shape index (κ2) is 10.2. The van der Waals surface area contributed by atoms with Crippen molar-refractivity contribution in [2.75, 3.05) is 32.1 Å². The van der Waals surface area contributed by atoms with E-state index in [9.17, 15) is 4.79 Å². The second-order valence-corrected chi connectivity index (χ2v) is 8.62. The Morgan fingerprint density at radius 1 is 1.14 bits per heavy atom. The molecule has 0 fully saturated rings. The first kappa shape index (κ1) is 23.6. The molecule has 1 rings (SSSR count). The molecule has 1 amide bonds. The number of carbonyl (C=O) groups is 1. The average molecular weight is 392 g/mol. The number of carbonyl (C=O) groups excluding carboxylic acids is 1. The fourth-order valence-electron chi connectivity index (χ4n) is 2.37. The maximum Gasteiger partial charge on any atom is 0.408 e. The van der Waals surface area contributed by atoms with Crippen LogP contribution in [0.1, 0.15) is 47.1 Å². The number of amides is 1. The number of nitrogens with one attached hydrogen (secondary N) is 3. The van der Waals surface area contributed by atoms with Gasteiger partial charge in [-0.05, 0) is 59.2 Å². The number of nitrogens with zero attached hydrogens (tertiary/aromatic N) is 2. The molecule has 0 aromatic heterocycles. The Bertz CT molecular complexity index is 663. The van der Waals surface area contributed by atoms with Gasteiger partial charge >= 0.3 is 6.09 Å². The van der Waals surface area contributed by atoms with Gasteiger partial charge in [0.15, 0.2) is 5.96 Å². The molecule has 0 atom stereocenters. The van der Waals surface area contributed by atoms with E-state index in [0.717, 1.165) is 17.8 Å². The normalized spacial score (nSPS) is 12.4. The lowest BCUT2D eigenvalue weighted by molar-refractivity contribution is 0.0474. The SMILES string of the molecule is CCNC(=NCc1cccc(N(C)C)c1)NCC(C)(C)NC(=O)OC(C)(C)C. The second-order valence-electron chi connectivity index (χ2n) is 8.62. The Balaban J connectivity index is 2.69. The lowest BCUT2D eigenvalue weighted by atomic mass is 10.1. The summed E-state index contributed by atoms with van der Waals surface area (Å²) in [6.45, 7) is 13.3. The quantitative estimate of drug-likeness (QED) is 0.492. The summed E-state index contributed by atoms with van der Waals surface area (Å²) in [5.74, 6) is 0.705. The molecule has 0 spiro atoms. The fourth-order valence-corrected chi connectivity index (χ4v) is 2.37. The van der Waals surface area contributed by atoms with Crippen molar-refractivity contribution >= 4 is 17.7 Å². The first-order valence-electron chi connectivity index (χ1n) is 9.71. The fraction of sp³-hybridized carbons (Fsp3) is 0.619. The highest BCUT2D eigenvalue weighted by atomic mass is 16.6. The van der Waals surface area contributed by atoms with Gasteiger partial charge in [-0.3, -0.25) is 0 Å². The van der Waals surface area contributed by atoms with Crippen LogP contribution in [0.25, 0.3) is 0 Å². The highest BCUT2D eigenvalue weighted by molar-refractivity contribution is 5.80. The molecule has 0 saturated heterocycles. The summed E-state index contributed by atoms with van der Waals surface area (Å²) in [6, 6.07) is 8.30. The minimum Gasteiger partial charge on any atom is -0.444 e. The number of alkyl carbamates (subject to hydrolysis) is 1. The van der Waals surface area contributed by atoms with Crippen LogP contribution in [-0.2, 0) is 11.3 Å². The van der Waals surface area contributed by atoms with Crippen LogP contribution in [0.4, 0.5) is 10.5 Å². The molecule has 28 heavy (non-hydrogen) atoms. The van der Waals surface area contributed by atoms with Gasteiger partial charge in [-0.2, -0.15) is 0 Å². The number of hydrogen-bond acceptors (Lipinski definition) is 4. The van der Waals surface area contributed by atoms with Crippen LogP contribution in [0.3, 0.4) is 0 Å². The van der Waals surface area contributed by atoms with Gasteiger partial charge in [0.05, 0.1) is 12.1 Å². The number of aliphatic imine (C=N–C) groups is 1. The van der Waals surface area contributed by atoms with Crippen molar-refractivity contribution < 1.29 is 9.53 Å². The molecule has 3 N–H and O–H groups in total. The van der Waals surface area contributed by atoms with E-state index >= 15 is 0 Å². The van der Waals surface area contributed by atoms with Crippen molar-refractivity contribution in [1.82, 2.24) is 16.0 Å². The van der Waals surface area contributed by atoms with Crippen molar-refractivity contribution in [1.29, 1.82) is 0 Å². The van der Waals surface area contributed by atoms with Crippen LogP contribution in [-0.4, -0.2) is 50.4 Å². The first-order chi connectivity index (χ1) is 12.9. The molecule has 0 aliphatic heterocycles. The summed E-state index contributed by atoms with van der Waals surface area (Å²) in [4.78, 5) is 18.8. The van der Waals surface area contributed by atoms with Crippen LogP contribution in [0.2, 0.25) is 0 Å². The number of hydrogen-bond donors (Lipinski definition) is 3. The molecule has 0 saturated carbocycles. The zero-order valence-corrected chi connectivity index (χ0v) is 18.6. The van der Waals surface area contributed by atoms with Gasteiger partial charge in [0.2, 0.25) is 0 Å². The standard InChI is InChI=1S/C21H37N5O2/c1-9-22-18(23-14-16-11-10-12-17(13-16)26(7)8)24-15-21(5,6)25-19(27)28-20(2,3)4/h10-13H,9,14-15H2,1-8H3,(H,25,27)(H2,22,23,24). The predicted molar refractivity (Wildman–Crippen MR) is 117 cm³/mol. The van der Waals surface area contributed by atoms with E-state index in [1.54, 1.807) is 0 Å². The van der Waals surface area contributed by atoms with Crippen LogP contribution in [0, 0.1) is 0 Å². The molecule has 0 bridgehead atoms. The largest absolute Gasteiger partial charge is 0.444 e. The van der Waals surface area contributed by atoms with Crippen molar-refractivity contribution in [2.45, 2.75) is 59.2 Å². The summed E-state index contributed by atoms with van der Waals surface area (Å²) in [5, 5.41) is 9.43. The maximum atomic E-state index is 12.0. The molecule has 7 heteroatoms. The van der Waals surface area contributed by atoms with E-state index in [1.165, 1.54) is 0 Å². The lowest BCUT2D eigenvalue weighted by Gasteiger charge is -2.29. The Hall–Kier alpha value is -2.44. The molecule has 0 aliphatic rings. The van der Waals surface area contributed by atoms with Gasteiger partial charge < -0.3 is 25.6 Å². The van der Waals surface area contributed by atoms with E-state index in [1.807, 2.05) is 61.7 Å². The number of anilines is 1. The third-order valence-electron chi connectivity index (χ3n) is 3.73. The Morgan fingerprint density at radius 2 is 1.82 bits per heavy atom. The Kier molecular flexibility index (Phi) is 8.60. The molecule has 0 heterocycles. The van der Waals surface area contributed by atoms with Crippen LogP contribution in [0.15, 0.2) is 29.3 Å². The van der Waals surface area contributed by atoms with E-state index in [2.05, 4.69) is 44.0 Å². The van der Waals surface area contributed by atoms with Crippen molar-refractivity contribution in [3.05, 3.63) is 29.8 Å². The smallest absolute Gasteiger partial charge is 0.408 e. The molecule has 1 aromatic rings. The van der Waals surface area contributed by atoms with E-state index < -0.39 is 17.2 Å². The molecular formula is C21H37N5O2. The zero-order valence-electron chi connectivity index (χ0n) is 18.6. The lowest BCUT2D eigenvalue weighted by Crippen LogP contribution is -2.54. The minimum atomic E-state index is -0.523. The van der Waals surface area contributed by atoms with Gasteiger partial charge in [-0.25, -0.2) is 9.79 Å². The van der Waals surface area contributed by atoms with Crippen molar-refractivity contribution in [3.63, 3.8) is 0 Å². The molecule has 0 radical (unpaired) electrons. The predicted octanol–water partition coefficient (Wildman–Crippen LogP) is 3.11. The van der Waals surface area contributed by atoms with Gasteiger partial charge in [0.25, 0.3) is 0 Å². The molecule has 0 unspecified atom stereocenters. The van der Waals surface area contributed by atoms with Crippen LogP contribution in [0.5, 0.6) is 0 Å². The molecule has 158 valence electrons. The van der Waals surface area contributed by atoms with Gasteiger partial charge in [-0.1, -0.05) is 12.1 Å². The summed E-state index contributed by atoms with van der Waals surface area (Å²) in [6.07, 6.45) is -0.429. The highest BCUT2D eigenvalue weighted by Crippen LogP contribution is 2.14. The van der Waals surface area contributed by atoms with E-state index in [4.69, 9.17) is 4.74 Å². The number of benzene rings is 1. The summed E-state index contributed by atoms with van der Waals surface area (Å²) in [7, 11) is 4.04. The number of guanidine groups is 1. The minimum absolute atomic E-state index is 0.429. The number of rotatable bonds is 7. The molecular weight excluding hydrogens is 354 g/mol. The Labute approximate surface area is 169 Å². The Morgan fingerprint density at radius 3 is 2.39 bits per heavy atom. The third kappa shape index (κ3) is 9.48. The monoisotopic (exact) mass is 391 g/mol. The summed E-state index contributed by atoms with van der Waals surface area (Å²) in [5.41, 5.74) is 1.26. The van der Waals surface area contributed by atoms with Crippen LogP contribution < -0.4 is 20.9 Å². The number of ether oxygens (including phenoxy) is 1. The maximum absolute atomic E-state index is 12.0. The van der Waals surface area contributed by atoms with Crippen LogP contribution >= 0.6 is 0 Å². The first-order valence-corrected chi connectivity index (χ1v) is 9.71. The summed E-state index contributed by atoms with van der Waals surface area (Å²) >= 11 is 0. The highest BCUT2D eigenvalue weighted by Gasteiger charge is 2.24. The average Bonchev–Trinajstić information content (AvgIpc) is 2.55. The van der Waals surface area contributed by atoms with E-state index in [0.29, 0.717) is 19.0 Å². The summed E-state index contributed by atoms with van der Waals surface area (Å²) < 4.78 is 5.34. The van der Waals surface area contributed by atoms with Crippen molar-refractivity contribution in [3.8, 4) is 0 Å².